The fraction of sp³-hybridized carbons (Fsp3) is 0. The number of hydrogen-bond donors (Lipinski definition) is 0. The number of rotatable bonds is 8. The quantitative estimate of drug-likeness (QED) is 0.152. The monoisotopic (exact) mass is 854 g/mol. The van der Waals surface area contributed by atoms with Crippen LogP contribution in [0.3, 0.4) is 0 Å². The van der Waals surface area contributed by atoms with Crippen molar-refractivity contribution in [3.05, 3.63) is 255 Å². The standard InChI is InChI=1S/C64H42N2O/c1-3-13-45(14-4-1)54-18-9-10-19-55(54)47-27-36-53(37-28-47)65(51-32-23-43(24-33-51)48-31-40-63-60(41-48)58-21-11-12-22-62(58)67-63)52-34-25-44(26-35-52)49-30-38-57-59-39-29-46-15-7-8-20-56(46)64(59)66(61(57)42-49)50-16-5-2-6-17-50/h1-42H. The van der Waals surface area contributed by atoms with Crippen LogP contribution in [0.1, 0.15) is 0 Å². The molecule has 0 saturated carbocycles. The molecule has 2 aromatic heterocycles. The molecule has 0 aliphatic heterocycles. The summed E-state index contributed by atoms with van der Waals surface area (Å²) in [6, 6.07) is 91.9. The Kier molecular flexibility index (Phi) is 9.17. The SMILES string of the molecule is c1ccc(-c2ccccc2-c2ccc(N(c3ccc(-c4ccc5oc6ccccc6c5c4)cc3)c3ccc(-c4ccc5c6ccc7ccccc7c6n(-c6ccccc6)c5c4)cc3)cc2)cc1. The van der Waals surface area contributed by atoms with Gasteiger partial charge in [0.25, 0.3) is 0 Å². The molecule has 0 amide bonds. The molecule has 13 aromatic rings. The van der Waals surface area contributed by atoms with Gasteiger partial charge in [0, 0.05) is 49.7 Å². The van der Waals surface area contributed by atoms with Crippen LogP contribution in [-0.2, 0) is 0 Å². The maximum Gasteiger partial charge on any atom is 0.135 e. The van der Waals surface area contributed by atoms with Crippen molar-refractivity contribution in [3.63, 3.8) is 0 Å². The predicted molar refractivity (Wildman–Crippen MR) is 282 cm³/mol. The van der Waals surface area contributed by atoms with Crippen molar-refractivity contribution in [2.45, 2.75) is 0 Å². The molecule has 0 aliphatic rings. The van der Waals surface area contributed by atoms with Crippen LogP contribution in [0.4, 0.5) is 17.1 Å². The van der Waals surface area contributed by atoms with Gasteiger partial charge >= 0.3 is 0 Å². The number of anilines is 3. The highest BCUT2D eigenvalue weighted by atomic mass is 16.3. The molecular weight excluding hydrogens is 813 g/mol. The molecule has 11 aromatic carbocycles. The van der Waals surface area contributed by atoms with Gasteiger partial charge in [-0.3, -0.25) is 0 Å². The van der Waals surface area contributed by atoms with Gasteiger partial charge in [-0.25, -0.2) is 0 Å². The highest BCUT2D eigenvalue weighted by Gasteiger charge is 2.18. The smallest absolute Gasteiger partial charge is 0.135 e. The van der Waals surface area contributed by atoms with Gasteiger partial charge in [-0.2, -0.15) is 0 Å². The molecule has 0 bridgehead atoms. The summed E-state index contributed by atoms with van der Waals surface area (Å²) in [5.41, 5.74) is 18.0. The van der Waals surface area contributed by atoms with Crippen LogP contribution in [0.2, 0.25) is 0 Å². The second-order valence-corrected chi connectivity index (χ2v) is 17.3. The summed E-state index contributed by atoms with van der Waals surface area (Å²) in [7, 11) is 0. The zero-order valence-corrected chi connectivity index (χ0v) is 36.6. The Labute approximate surface area is 388 Å². The van der Waals surface area contributed by atoms with E-state index in [1.54, 1.807) is 0 Å². The molecule has 67 heavy (non-hydrogen) atoms. The van der Waals surface area contributed by atoms with E-state index in [0.29, 0.717) is 0 Å². The number of nitrogens with zero attached hydrogens (tertiary/aromatic N) is 2. The molecule has 3 nitrogen and oxygen atoms in total. The van der Waals surface area contributed by atoms with Crippen molar-refractivity contribution in [1.29, 1.82) is 0 Å². The van der Waals surface area contributed by atoms with Crippen LogP contribution in [0, 0.1) is 0 Å². The van der Waals surface area contributed by atoms with E-state index in [0.717, 1.165) is 61.4 Å². The molecule has 0 fully saturated rings. The van der Waals surface area contributed by atoms with Crippen LogP contribution in [0.25, 0.3) is 105 Å². The molecule has 0 aliphatic carbocycles. The van der Waals surface area contributed by atoms with Gasteiger partial charge in [0.15, 0.2) is 0 Å². The van der Waals surface area contributed by atoms with Crippen LogP contribution in [0.15, 0.2) is 259 Å². The lowest BCUT2D eigenvalue weighted by Crippen LogP contribution is -2.09. The summed E-state index contributed by atoms with van der Waals surface area (Å²) in [6.07, 6.45) is 0. The zero-order chi connectivity index (χ0) is 44.3. The minimum Gasteiger partial charge on any atom is -0.456 e. The predicted octanol–water partition coefficient (Wildman–Crippen LogP) is 18.0. The molecule has 0 radical (unpaired) electrons. The third-order valence-electron chi connectivity index (χ3n) is 13.4. The van der Waals surface area contributed by atoms with E-state index < -0.39 is 0 Å². The van der Waals surface area contributed by atoms with E-state index in [1.807, 2.05) is 12.1 Å². The van der Waals surface area contributed by atoms with E-state index in [-0.39, 0.29) is 0 Å². The van der Waals surface area contributed by atoms with E-state index in [9.17, 15) is 0 Å². The van der Waals surface area contributed by atoms with Gasteiger partial charge in [-0.1, -0.05) is 182 Å². The van der Waals surface area contributed by atoms with Crippen molar-refractivity contribution in [2.24, 2.45) is 0 Å². The Morgan fingerprint density at radius 2 is 0.791 bits per heavy atom. The van der Waals surface area contributed by atoms with E-state index in [4.69, 9.17) is 4.42 Å². The molecular formula is C64H42N2O. The van der Waals surface area contributed by atoms with Crippen molar-refractivity contribution in [1.82, 2.24) is 4.57 Å². The Balaban J connectivity index is 0.902. The summed E-state index contributed by atoms with van der Waals surface area (Å²) in [5.74, 6) is 0. The number of hydrogen-bond acceptors (Lipinski definition) is 2. The second kappa shape index (κ2) is 16.0. The van der Waals surface area contributed by atoms with E-state index in [2.05, 4.69) is 252 Å². The van der Waals surface area contributed by atoms with Crippen LogP contribution < -0.4 is 4.90 Å². The van der Waals surface area contributed by atoms with Crippen LogP contribution >= 0.6 is 0 Å². The lowest BCUT2D eigenvalue weighted by molar-refractivity contribution is 0.669. The summed E-state index contributed by atoms with van der Waals surface area (Å²) < 4.78 is 8.59. The maximum absolute atomic E-state index is 6.16. The first-order valence-corrected chi connectivity index (χ1v) is 22.9. The first-order chi connectivity index (χ1) is 33.2. The number of fused-ring (bicyclic) bond motifs is 8. The maximum atomic E-state index is 6.16. The average molecular weight is 855 g/mol. The molecule has 3 heteroatoms. The van der Waals surface area contributed by atoms with Gasteiger partial charge in [0.2, 0.25) is 0 Å². The molecule has 0 unspecified atom stereocenters. The fourth-order valence-corrected chi connectivity index (χ4v) is 10.2. The molecule has 2 heterocycles. The first kappa shape index (κ1) is 38.5. The third-order valence-corrected chi connectivity index (χ3v) is 13.4. The molecule has 0 saturated heterocycles. The summed E-state index contributed by atoms with van der Waals surface area (Å²) in [6.45, 7) is 0. The van der Waals surface area contributed by atoms with Crippen molar-refractivity contribution in [2.75, 3.05) is 4.90 Å². The van der Waals surface area contributed by atoms with Crippen molar-refractivity contribution in [3.8, 4) is 50.2 Å². The fourth-order valence-electron chi connectivity index (χ4n) is 10.2. The Bertz CT molecular complexity index is 3940. The number of aromatic nitrogens is 1. The van der Waals surface area contributed by atoms with Gasteiger partial charge in [-0.05, 0) is 123 Å². The van der Waals surface area contributed by atoms with E-state index >= 15 is 0 Å². The molecule has 0 atom stereocenters. The number of benzene rings is 11. The lowest BCUT2D eigenvalue weighted by Gasteiger charge is -2.26. The Morgan fingerprint density at radius 1 is 0.299 bits per heavy atom. The van der Waals surface area contributed by atoms with Crippen molar-refractivity contribution >= 4 is 71.6 Å². The second-order valence-electron chi connectivity index (χ2n) is 17.3. The number of para-hydroxylation sites is 2. The Hall–Kier alpha value is -8.92. The highest BCUT2D eigenvalue weighted by Crippen LogP contribution is 2.42. The molecule has 0 spiro atoms. The van der Waals surface area contributed by atoms with Gasteiger partial charge in [-0.15, -0.1) is 0 Å². The molecule has 13 rings (SSSR count). The normalized spacial score (nSPS) is 11.6. The molecule has 314 valence electrons. The van der Waals surface area contributed by atoms with Gasteiger partial charge in [0.1, 0.15) is 11.2 Å². The highest BCUT2D eigenvalue weighted by molar-refractivity contribution is 6.19. The topological polar surface area (TPSA) is 21.3 Å². The first-order valence-electron chi connectivity index (χ1n) is 22.9. The summed E-state index contributed by atoms with van der Waals surface area (Å²) in [5, 5.41) is 7.24. The zero-order valence-electron chi connectivity index (χ0n) is 36.6. The average Bonchev–Trinajstić information content (AvgIpc) is 3.95. The van der Waals surface area contributed by atoms with Crippen LogP contribution in [-0.4, -0.2) is 4.57 Å². The summed E-state index contributed by atoms with van der Waals surface area (Å²) >= 11 is 0. The number of furan rings is 1. The third kappa shape index (κ3) is 6.67. The van der Waals surface area contributed by atoms with Gasteiger partial charge < -0.3 is 13.9 Å². The van der Waals surface area contributed by atoms with Gasteiger partial charge in [0.05, 0.1) is 11.0 Å². The lowest BCUT2D eigenvalue weighted by atomic mass is 9.94. The summed E-state index contributed by atoms with van der Waals surface area (Å²) in [4.78, 5) is 2.36. The van der Waals surface area contributed by atoms with Crippen LogP contribution in [0.5, 0.6) is 0 Å². The Morgan fingerprint density at radius 3 is 1.48 bits per heavy atom. The van der Waals surface area contributed by atoms with E-state index in [1.165, 1.54) is 60.4 Å². The minimum atomic E-state index is 0.901. The minimum absolute atomic E-state index is 0.901. The molecule has 0 N–H and O–H groups in total. The largest absolute Gasteiger partial charge is 0.456 e. The van der Waals surface area contributed by atoms with Crippen molar-refractivity contribution < 1.29 is 4.42 Å².